The second-order valence-corrected chi connectivity index (χ2v) is 8.10. The van der Waals surface area contributed by atoms with Crippen molar-refractivity contribution < 1.29 is 14.0 Å². The van der Waals surface area contributed by atoms with Crippen LogP contribution in [0.1, 0.15) is 34.0 Å². The van der Waals surface area contributed by atoms with E-state index in [1.165, 1.54) is 24.3 Å². The molecule has 4 aromatic rings. The van der Waals surface area contributed by atoms with Gasteiger partial charge in [0.15, 0.2) is 5.82 Å². The van der Waals surface area contributed by atoms with Gasteiger partial charge in [-0.25, -0.2) is 4.39 Å². The Morgan fingerprint density at radius 3 is 2.79 bits per heavy atom. The molecule has 0 bridgehead atoms. The molecule has 0 saturated heterocycles. The molecule has 0 spiro atoms. The Labute approximate surface area is 189 Å². The molecule has 1 aliphatic rings. The average Bonchev–Trinajstić information content (AvgIpc) is 3.54. The molecule has 0 aliphatic carbocycles. The number of aromatic amines is 1. The summed E-state index contributed by atoms with van der Waals surface area (Å²) in [6.45, 7) is 1.07. The number of fused-ring (bicyclic) bond motifs is 2. The number of carbonyl (C=O) groups excluding carboxylic acids is 2. The fraction of sp³-hybridized carbons (Fsp3) is 0.250. The van der Waals surface area contributed by atoms with E-state index in [-0.39, 0.29) is 18.0 Å². The molecule has 8 nitrogen and oxygen atoms in total. The first-order valence-electron chi connectivity index (χ1n) is 10.9. The number of aryl methyl sites for hydroxylation is 1. The minimum absolute atomic E-state index is 0.225. The minimum Gasteiger partial charge on any atom is -0.361 e. The molecule has 1 unspecified atom stereocenters. The number of carbonyl (C=O) groups is 2. The molecule has 5 rings (SSSR count). The molecule has 2 aromatic carbocycles. The highest BCUT2D eigenvalue weighted by molar-refractivity contribution is 5.97. The van der Waals surface area contributed by atoms with Crippen LogP contribution in [0.25, 0.3) is 10.9 Å². The van der Waals surface area contributed by atoms with Crippen LogP contribution in [0.15, 0.2) is 54.7 Å². The van der Waals surface area contributed by atoms with Gasteiger partial charge < -0.3 is 20.2 Å². The van der Waals surface area contributed by atoms with Crippen molar-refractivity contribution in [3.8, 4) is 0 Å². The van der Waals surface area contributed by atoms with Gasteiger partial charge in [0.2, 0.25) is 5.91 Å². The molecule has 33 heavy (non-hydrogen) atoms. The Kier molecular flexibility index (Phi) is 5.60. The van der Waals surface area contributed by atoms with Crippen molar-refractivity contribution >= 4 is 22.7 Å². The van der Waals surface area contributed by atoms with Gasteiger partial charge in [-0.2, -0.15) is 0 Å². The number of hydrogen-bond donors (Lipinski definition) is 3. The zero-order valence-electron chi connectivity index (χ0n) is 17.8. The maximum atomic E-state index is 13.3. The van der Waals surface area contributed by atoms with Gasteiger partial charge in [0.25, 0.3) is 5.91 Å². The summed E-state index contributed by atoms with van der Waals surface area (Å²) in [6.07, 6.45) is 4.04. The van der Waals surface area contributed by atoms with Crippen molar-refractivity contribution in [2.24, 2.45) is 0 Å². The summed E-state index contributed by atoms with van der Waals surface area (Å²) < 4.78 is 15.3. The second kappa shape index (κ2) is 8.85. The van der Waals surface area contributed by atoms with E-state index in [2.05, 4.69) is 25.8 Å². The third-order valence-electron chi connectivity index (χ3n) is 5.93. The van der Waals surface area contributed by atoms with Gasteiger partial charge in [0, 0.05) is 42.0 Å². The van der Waals surface area contributed by atoms with E-state index in [4.69, 9.17) is 0 Å². The maximum Gasteiger partial charge on any atom is 0.251 e. The van der Waals surface area contributed by atoms with Crippen LogP contribution >= 0.6 is 0 Å². The Balaban J connectivity index is 1.35. The smallest absolute Gasteiger partial charge is 0.251 e. The largest absolute Gasteiger partial charge is 0.361 e. The lowest BCUT2D eigenvalue weighted by molar-refractivity contribution is -0.123. The highest BCUT2D eigenvalue weighted by Crippen LogP contribution is 2.20. The average molecular weight is 446 g/mol. The minimum atomic E-state index is -0.831. The first-order chi connectivity index (χ1) is 16.1. The molecule has 0 radical (unpaired) electrons. The van der Waals surface area contributed by atoms with E-state index in [9.17, 15) is 14.0 Å². The topological polar surface area (TPSA) is 105 Å². The SMILES string of the molecule is O=C(NC(Cc1c[nH]c2ccccc12)C(=O)NCc1nnc2n1CCC2)c1ccc(F)cc1. The second-order valence-electron chi connectivity index (χ2n) is 8.10. The van der Waals surface area contributed by atoms with Crippen molar-refractivity contribution in [2.75, 3.05) is 0 Å². The summed E-state index contributed by atoms with van der Waals surface area (Å²) >= 11 is 0. The number of halogens is 1. The molecule has 168 valence electrons. The van der Waals surface area contributed by atoms with Gasteiger partial charge in [-0.3, -0.25) is 9.59 Å². The lowest BCUT2D eigenvalue weighted by Crippen LogP contribution is -2.48. The summed E-state index contributed by atoms with van der Waals surface area (Å²) in [5.74, 6) is 0.427. The van der Waals surface area contributed by atoms with Crippen LogP contribution < -0.4 is 10.6 Å². The van der Waals surface area contributed by atoms with Crippen LogP contribution in [0, 0.1) is 5.82 Å². The Bertz CT molecular complexity index is 1310. The lowest BCUT2D eigenvalue weighted by Gasteiger charge is -2.18. The molecular weight excluding hydrogens is 423 g/mol. The Hall–Kier alpha value is -4.01. The first kappa shape index (κ1) is 20.9. The fourth-order valence-electron chi connectivity index (χ4n) is 4.20. The van der Waals surface area contributed by atoms with E-state index >= 15 is 0 Å². The Morgan fingerprint density at radius 2 is 1.94 bits per heavy atom. The zero-order valence-corrected chi connectivity index (χ0v) is 17.8. The maximum absolute atomic E-state index is 13.3. The number of hydrogen-bond acceptors (Lipinski definition) is 4. The third kappa shape index (κ3) is 4.34. The summed E-state index contributed by atoms with van der Waals surface area (Å²) in [7, 11) is 0. The molecule has 0 fully saturated rings. The highest BCUT2D eigenvalue weighted by Gasteiger charge is 2.24. The number of nitrogens with one attached hydrogen (secondary N) is 3. The standard InChI is InChI=1S/C24H23FN6O2/c25-17-9-7-15(8-10-17)23(32)28-20(12-16-13-26-19-5-2-1-4-18(16)19)24(33)27-14-22-30-29-21-6-3-11-31(21)22/h1-2,4-5,7-10,13,20,26H,3,6,11-12,14H2,(H,27,33)(H,28,32). The van der Waals surface area contributed by atoms with Crippen molar-refractivity contribution in [3.63, 3.8) is 0 Å². The van der Waals surface area contributed by atoms with Crippen LogP contribution in [-0.4, -0.2) is 37.6 Å². The van der Waals surface area contributed by atoms with Gasteiger partial charge in [-0.1, -0.05) is 18.2 Å². The molecule has 1 atom stereocenters. The normalized spacial score (nSPS) is 13.6. The molecule has 2 amide bonds. The molecule has 1 aliphatic heterocycles. The molecule has 3 heterocycles. The first-order valence-corrected chi connectivity index (χ1v) is 10.9. The molecular formula is C24H23FN6O2. The van der Waals surface area contributed by atoms with Gasteiger partial charge in [-0.15, -0.1) is 10.2 Å². The third-order valence-corrected chi connectivity index (χ3v) is 5.93. The van der Waals surface area contributed by atoms with Crippen LogP contribution in [0.2, 0.25) is 0 Å². The van der Waals surface area contributed by atoms with Crippen LogP contribution in [-0.2, 0) is 30.7 Å². The number of rotatable bonds is 7. The van der Waals surface area contributed by atoms with Gasteiger partial charge in [0.05, 0.1) is 6.54 Å². The van der Waals surface area contributed by atoms with E-state index in [1.807, 2.05) is 35.0 Å². The van der Waals surface area contributed by atoms with E-state index in [0.29, 0.717) is 12.2 Å². The highest BCUT2D eigenvalue weighted by atomic mass is 19.1. The Morgan fingerprint density at radius 1 is 1.12 bits per heavy atom. The molecule has 9 heteroatoms. The molecule has 3 N–H and O–H groups in total. The van der Waals surface area contributed by atoms with Crippen LogP contribution in [0.5, 0.6) is 0 Å². The van der Waals surface area contributed by atoms with Crippen molar-refractivity contribution in [1.82, 2.24) is 30.4 Å². The van der Waals surface area contributed by atoms with Crippen molar-refractivity contribution in [3.05, 3.63) is 83.3 Å². The zero-order chi connectivity index (χ0) is 22.8. The monoisotopic (exact) mass is 446 g/mol. The summed E-state index contributed by atoms with van der Waals surface area (Å²) in [6, 6.07) is 12.2. The molecule has 2 aromatic heterocycles. The number of aromatic nitrogens is 4. The van der Waals surface area contributed by atoms with Crippen LogP contribution in [0.4, 0.5) is 4.39 Å². The van der Waals surface area contributed by atoms with Gasteiger partial charge in [-0.05, 0) is 42.3 Å². The summed E-state index contributed by atoms with van der Waals surface area (Å²) in [4.78, 5) is 29.2. The van der Waals surface area contributed by atoms with Crippen LogP contribution in [0.3, 0.4) is 0 Å². The predicted octanol–water partition coefficient (Wildman–Crippen LogP) is 2.50. The summed E-state index contributed by atoms with van der Waals surface area (Å²) in [5, 5.41) is 15.0. The lowest BCUT2D eigenvalue weighted by atomic mass is 10.0. The van der Waals surface area contributed by atoms with Crippen molar-refractivity contribution in [1.29, 1.82) is 0 Å². The number of benzene rings is 2. The number of H-pyrrole nitrogens is 1. The van der Waals surface area contributed by atoms with Crippen molar-refractivity contribution in [2.45, 2.75) is 38.4 Å². The van der Waals surface area contributed by atoms with Gasteiger partial charge >= 0.3 is 0 Å². The van der Waals surface area contributed by atoms with Gasteiger partial charge in [0.1, 0.15) is 17.7 Å². The summed E-state index contributed by atoms with van der Waals surface area (Å²) in [5.41, 5.74) is 2.15. The quantitative estimate of drug-likeness (QED) is 0.406. The van der Waals surface area contributed by atoms with E-state index in [0.717, 1.165) is 41.7 Å². The number of nitrogens with zero attached hydrogens (tertiary/aromatic N) is 3. The van der Waals surface area contributed by atoms with E-state index < -0.39 is 17.8 Å². The number of amides is 2. The fourth-order valence-corrected chi connectivity index (χ4v) is 4.20. The molecule has 0 saturated carbocycles. The predicted molar refractivity (Wildman–Crippen MR) is 120 cm³/mol. The van der Waals surface area contributed by atoms with E-state index in [1.54, 1.807) is 0 Å². The number of para-hydroxylation sites is 1.